The van der Waals surface area contributed by atoms with Gasteiger partial charge in [0.15, 0.2) is 0 Å². The summed E-state index contributed by atoms with van der Waals surface area (Å²) in [6.45, 7) is 6.70. The highest BCUT2D eigenvalue weighted by atomic mass is 32.2. The lowest BCUT2D eigenvalue weighted by molar-refractivity contribution is 0.102. The number of nitrogens with one attached hydrogen (secondary N) is 2. The van der Waals surface area contributed by atoms with Crippen LogP contribution in [-0.4, -0.2) is 24.9 Å². The molecule has 0 unspecified atom stereocenters. The zero-order chi connectivity index (χ0) is 18.2. The van der Waals surface area contributed by atoms with Crippen molar-refractivity contribution < 1.29 is 13.2 Å². The summed E-state index contributed by atoms with van der Waals surface area (Å²) in [7, 11) is -3.54. The van der Waals surface area contributed by atoms with Gasteiger partial charge in [-0.3, -0.25) is 4.79 Å². The van der Waals surface area contributed by atoms with E-state index >= 15 is 0 Å². The molecule has 0 spiro atoms. The molecule has 0 bridgehead atoms. The van der Waals surface area contributed by atoms with Crippen LogP contribution in [0.4, 0.5) is 5.69 Å². The molecule has 1 aliphatic carbocycles. The van der Waals surface area contributed by atoms with Crippen LogP contribution in [0, 0.1) is 13.8 Å². The van der Waals surface area contributed by atoms with Gasteiger partial charge in [0.25, 0.3) is 5.91 Å². The van der Waals surface area contributed by atoms with Gasteiger partial charge in [-0.25, -0.2) is 13.1 Å². The number of rotatable bonds is 6. The van der Waals surface area contributed by atoms with E-state index in [1.54, 1.807) is 12.1 Å². The number of anilines is 1. The second-order valence-corrected chi connectivity index (χ2v) is 8.12. The molecule has 1 amide bonds. The van der Waals surface area contributed by atoms with Gasteiger partial charge in [-0.2, -0.15) is 0 Å². The fourth-order valence-electron chi connectivity index (χ4n) is 2.95. The number of aryl methyl sites for hydroxylation is 1. The molecule has 3 rings (SSSR count). The van der Waals surface area contributed by atoms with Crippen LogP contribution < -0.4 is 10.0 Å². The largest absolute Gasteiger partial charge is 0.349 e. The Hall–Kier alpha value is -2.12. The van der Waals surface area contributed by atoms with Crippen LogP contribution in [0.5, 0.6) is 0 Å². The van der Waals surface area contributed by atoms with Gasteiger partial charge in [-0.15, -0.1) is 0 Å². The number of hydrogen-bond donors (Lipinski definition) is 2. The van der Waals surface area contributed by atoms with Gasteiger partial charge in [0.2, 0.25) is 10.0 Å². The minimum absolute atomic E-state index is 0.0441. The number of benzene rings is 1. The molecule has 0 atom stereocenters. The van der Waals surface area contributed by atoms with E-state index in [4.69, 9.17) is 0 Å². The van der Waals surface area contributed by atoms with E-state index in [1.807, 2.05) is 26.8 Å². The molecule has 1 aliphatic rings. The molecular weight excluding hydrogens is 338 g/mol. The molecule has 1 aromatic carbocycles. The Bertz CT molecular complexity index is 912. The smallest absolute Gasteiger partial charge is 0.257 e. The third kappa shape index (κ3) is 3.77. The third-order valence-corrected chi connectivity index (χ3v) is 5.95. The molecular formula is C18H23N3O3S. The molecule has 6 nitrogen and oxygen atoms in total. The second-order valence-electron chi connectivity index (χ2n) is 6.41. The Morgan fingerprint density at radius 2 is 1.96 bits per heavy atom. The summed E-state index contributed by atoms with van der Waals surface area (Å²) < 4.78 is 29.3. The van der Waals surface area contributed by atoms with Gasteiger partial charge in [-0.05, 0) is 57.9 Å². The molecule has 0 aliphatic heterocycles. The van der Waals surface area contributed by atoms with Crippen molar-refractivity contribution in [1.82, 2.24) is 9.29 Å². The molecule has 25 heavy (non-hydrogen) atoms. The Morgan fingerprint density at radius 1 is 1.24 bits per heavy atom. The quantitative estimate of drug-likeness (QED) is 0.830. The van der Waals surface area contributed by atoms with Crippen LogP contribution in [0.2, 0.25) is 0 Å². The summed E-state index contributed by atoms with van der Waals surface area (Å²) in [6, 6.07) is 8.23. The molecule has 1 aromatic heterocycles. The third-order valence-electron chi connectivity index (χ3n) is 4.44. The van der Waals surface area contributed by atoms with Crippen LogP contribution >= 0.6 is 0 Å². The molecule has 0 radical (unpaired) electrons. The van der Waals surface area contributed by atoms with Crippen LogP contribution in [0.3, 0.4) is 0 Å². The topological polar surface area (TPSA) is 80.2 Å². The Morgan fingerprint density at radius 3 is 2.56 bits per heavy atom. The SMILES string of the molecule is CCn1c(C)cc(C(=O)Nc2cccc(S(=O)(=O)NC3CC3)c2)c1C. The maximum atomic E-state index is 12.6. The highest BCUT2D eigenvalue weighted by molar-refractivity contribution is 7.89. The predicted octanol–water partition coefficient (Wildman–Crippen LogP) is 2.82. The zero-order valence-corrected chi connectivity index (χ0v) is 15.5. The van der Waals surface area contributed by atoms with E-state index in [2.05, 4.69) is 14.6 Å². The summed E-state index contributed by atoms with van der Waals surface area (Å²) in [6.07, 6.45) is 1.76. The monoisotopic (exact) mass is 361 g/mol. The van der Waals surface area contributed by atoms with Crippen LogP contribution in [0.15, 0.2) is 35.2 Å². The molecule has 1 saturated carbocycles. The van der Waals surface area contributed by atoms with Gasteiger partial charge < -0.3 is 9.88 Å². The standard InChI is InChI=1S/C18H23N3O3S/c1-4-21-12(2)10-17(13(21)3)18(22)19-15-6-5-7-16(11-15)25(23,24)20-14-8-9-14/h5-7,10-11,14,20H,4,8-9H2,1-3H3,(H,19,22). The lowest BCUT2D eigenvalue weighted by atomic mass is 10.2. The summed E-state index contributed by atoms with van der Waals surface area (Å²) in [4.78, 5) is 12.7. The zero-order valence-electron chi connectivity index (χ0n) is 14.7. The van der Waals surface area contributed by atoms with E-state index in [0.29, 0.717) is 11.3 Å². The van der Waals surface area contributed by atoms with Gasteiger partial charge in [0.1, 0.15) is 0 Å². The molecule has 1 heterocycles. The number of hydrogen-bond acceptors (Lipinski definition) is 3. The van der Waals surface area contributed by atoms with Gasteiger partial charge in [0.05, 0.1) is 10.5 Å². The highest BCUT2D eigenvalue weighted by Crippen LogP contribution is 2.24. The van der Waals surface area contributed by atoms with Crippen molar-refractivity contribution in [2.45, 2.75) is 51.1 Å². The van der Waals surface area contributed by atoms with E-state index in [1.165, 1.54) is 12.1 Å². The van der Waals surface area contributed by atoms with Crippen molar-refractivity contribution in [3.05, 3.63) is 47.3 Å². The molecule has 0 saturated heterocycles. The molecule has 134 valence electrons. The van der Waals surface area contributed by atoms with Crippen molar-refractivity contribution >= 4 is 21.6 Å². The number of carbonyl (C=O) groups is 1. The van der Waals surface area contributed by atoms with Gasteiger partial charge in [-0.1, -0.05) is 6.07 Å². The van der Waals surface area contributed by atoms with E-state index in [9.17, 15) is 13.2 Å². The Balaban J connectivity index is 1.81. The fraction of sp³-hybridized carbons (Fsp3) is 0.389. The maximum absolute atomic E-state index is 12.6. The lowest BCUT2D eigenvalue weighted by Gasteiger charge is -2.09. The summed E-state index contributed by atoms with van der Waals surface area (Å²) in [5, 5.41) is 2.80. The van der Waals surface area contributed by atoms with Crippen molar-refractivity contribution in [2.24, 2.45) is 0 Å². The highest BCUT2D eigenvalue weighted by Gasteiger charge is 2.28. The number of sulfonamides is 1. The first-order valence-corrected chi connectivity index (χ1v) is 9.90. The van der Waals surface area contributed by atoms with Crippen molar-refractivity contribution in [2.75, 3.05) is 5.32 Å². The summed E-state index contributed by atoms with van der Waals surface area (Å²) in [5.74, 6) is -0.238. The minimum atomic E-state index is -3.54. The number of carbonyl (C=O) groups excluding carboxylic acids is 1. The average molecular weight is 361 g/mol. The van der Waals surface area contributed by atoms with E-state index in [-0.39, 0.29) is 16.8 Å². The Kier molecular flexibility index (Phi) is 4.71. The molecule has 7 heteroatoms. The summed E-state index contributed by atoms with van der Waals surface area (Å²) >= 11 is 0. The number of amides is 1. The first-order chi connectivity index (χ1) is 11.8. The Labute approximate surface area is 148 Å². The van der Waals surface area contributed by atoms with Crippen LogP contribution in [0.25, 0.3) is 0 Å². The molecule has 2 aromatic rings. The van der Waals surface area contributed by atoms with Crippen molar-refractivity contribution in [3.8, 4) is 0 Å². The number of nitrogens with zero attached hydrogens (tertiary/aromatic N) is 1. The first-order valence-electron chi connectivity index (χ1n) is 8.42. The van der Waals surface area contributed by atoms with E-state index in [0.717, 1.165) is 30.8 Å². The lowest BCUT2D eigenvalue weighted by Crippen LogP contribution is -2.25. The maximum Gasteiger partial charge on any atom is 0.257 e. The molecule has 1 fully saturated rings. The van der Waals surface area contributed by atoms with Crippen LogP contribution in [0.1, 0.15) is 41.5 Å². The fourth-order valence-corrected chi connectivity index (χ4v) is 4.30. The van der Waals surface area contributed by atoms with Gasteiger partial charge >= 0.3 is 0 Å². The first kappa shape index (κ1) is 17.7. The summed E-state index contributed by atoms with van der Waals surface area (Å²) in [5.41, 5.74) is 2.99. The number of aromatic nitrogens is 1. The predicted molar refractivity (Wildman–Crippen MR) is 97.3 cm³/mol. The van der Waals surface area contributed by atoms with Crippen molar-refractivity contribution in [1.29, 1.82) is 0 Å². The van der Waals surface area contributed by atoms with E-state index < -0.39 is 10.0 Å². The second kappa shape index (κ2) is 6.65. The average Bonchev–Trinajstić information content (AvgIpc) is 3.31. The normalized spacial score (nSPS) is 14.5. The van der Waals surface area contributed by atoms with Crippen molar-refractivity contribution in [3.63, 3.8) is 0 Å². The van der Waals surface area contributed by atoms with Crippen LogP contribution in [-0.2, 0) is 16.6 Å². The molecule has 2 N–H and O–H groups in total. The minimum Gasteiger partial charge on any atom is -0.349 e. The van der Waals surface area contributed by atoms with Gasteiger partial charge in [0, 0.05) is 29.7 Å².